The van der Waals surface area contributed by atoms with Crippen molar-refractivity contribution in [1.29, 1.82) is 0 Å². The van der Waals surface area contributed by atoms with Crippen molar-refractivity contribution in [2.24, 2.45) is 0 Å². The minimum atomic E-state index is -0.494. The highest BCUT2D eigenvalue weighted by atomic mass is 35.5. The van der Waals surface area contributed by atoms with E-state index in [1.165, 1.54) is 4.88 Å². The van der Waals surface area contributed by atoms with Crippen LogP contribution in [0.4, 0.5) is 5.69 Å². The molecule has 2 nitrogen and oxygen atoms in total. The van der Waals surface area contributed by atoms with Gasteiger partial charge < -0.3 is 10.0 Å². The standard InChI is InChI=1S/C16H20ClNOS/c1-11(2)18(10-14-5-4-8-20-14)16-7-6-13(12(3)19)9-15(16)17/h4-9,11-12,19H,10H2,1-3H3/t12-/m0/s1. The summed E-state index contributed by atoms with van der Waals surface area (Å²) in [4.78, 5) is 3.59. The molecule has 0 radical (unpaired) electrons. The number of aliphatic hydroxyl groups excluding tert-OH is 1. The molecule has 20 heavy (non-hydrogen) atoms. The SMILES string of the molecule is CC(C)N(Cc1cccs1)c1ccc([C@H](C)O)cc1Cl. The van der Waals surface area contributed by atoms with Crippen molar-refractivity contribution in [3.63, 3.8) is 0 Å². The second-order valence-corrected chi connectivity index (χ2v) is 6.63. The lowest BCUT2D eigenvalue weighted by Crippen LogP contribution is -2.30. The van der Waals surface area contributed by atoms with Crippen LogP contribution in [0.5, 0.6) is 0 Å². The van der Waals surface area contributed by atoms with Crippen LogP contribution in [0.25, 0.3) is 0 Å². The van der Waals surface area contributed by atoms with Crippen molar-refractivity contribution < 1.29 is 5.11 Å². The average Bonchev–Trinajstić information content (AvgIpc) is 2.89. The van der Waals surface area contributed by atoms with Crippen LogP contribution in [-0.2, 0) is 6.54 Å². The van der Waals surface area contributed by atoms with Gasteiger partial charge in [-0.1, -0.05) is 23.7 Å². The minimum absolute atomic E-state index is 0.354. The normalized spacial score (nSPS) is 12.7. The minimum Gasteiger partial charge on any atom is -0.389 e. The van der Waals surface area contributed by atoms with Crippen LogP contribution < -0.4 is 4.90 Å². The molecule has 1 heterocycles. The van der Waals surface area contributed by atoms with Gasteiger partial charge in [-0.2, -0.15) is 0 Å². The fourth-order valence-corrected chi connectivity index (χ4v) is 3.13. The molecule has 1 atom stereocenters. The Bertz CT molecular complexity index is 552. The molecule has 0 aliphatic rings. The molecule has 108 valence electrons. The molecule has 0 unspecified atom stereocenters. The van der Waals surface area contributed by atoms with Crippen LogP contribution in [-0.4, -0.2) is 11.1 Å². The van der Waals surface area contributed by atoms with Gasteiger partial charge in [0.1, 0.15) is 0 Å². The molecule has 0 saturated heterocycles. The van der Waals surface area contributed by atoms with E-state index in [0.717, 1.165) is 17.8 Å². The monoisotopic (exact) mass is 309 g/mol. The fourth-order valence-electron chi connectivity index (χ4n) is 2.13. The van der Waals surface area contributed by atoms with Crippen molar-refractivity contribution in [3.8, 4) is 0 Å². The van der Waals surface area contributed by atoms with Gasteiger partial charge in [-0.3, -0.25) is 0 Å². The van der Waals surface area contributed by atoms with Crippen LogP contribution in [0, 0.1) is 0 Å². The third kappa shape index (κ3) is 3.54. The molecule has 0 bridgehead atoms. The van der Waals surface area contributed by atoms with E-state index in [2.05, 4.69) is 36.3 Å². The first kappa shape index (κ1) is 15.4. The number of halogens is 1. The van der Waals surface area contributed by atoms with Gasteiger partial charge in [-0.25, -0.2) is 0 Å². The van der Waals surface area contributed by atoms with Crippen molar-refractivity contribution in [3.05, 3.63) is 51.2 Å². The molecular weight excluding hydrogens is 290 g/mol. The van der Waals surface area contributed by atoms with E-state index in [9.17, 15) is 5.11 Å². The van der Waals surface area contributed by atoms with Gasteiger partial charge >= 0.3 is 0 Å². The zero-order valence-electron chi connectivity index (χ0n) is 12.0. The highest BCUT2D eigenvalue weighted by Crippen LogP contribution is 2.31. The lowest BCUT2D eigenvalue weighted by atomic mass is 10.1. The van der Waals surface area contributed by atoms with E-state index < -0.39 is 6.10 Å². The number of aliphatic hydroxyl groups is 1. The third-order valence-electron chi connectivity index (χ3n) is 3.29. The van der Waals surface area contributed by atoms with Gasteiger partial charge in [0.2, 0.25) is 0 Å². The molecular formula is C16H20ClNOS. The molecule has 0 aliphatic heterocycles. The molecule has 0 amide bonds. The van der Waals surface area contributed by atoms with Crippen LogP contribution >= 0.6 is 22.9 Å². The maximum absolute atomic E-state index is 9.62. The summed E-state index contributed by atoms with van der Waals surface area (Å²) in [7, 11) is 0. The summed E-state index contributed by atoms with van der Waals surface area (Å²) in [5, 5.41) is 12.4. The third-order valence-corrected chi connectivity index (χ3v) is 4.46. The van der Waals surface area contributed by atoms with Gasteiger partial charge in [0, 0.05) is 10.9 Å². The Hall–Kier alpha value is -1.03. The second-order valence-electron chi connectivity index (χ2n) is 5.19. The van der Waals surface area contributed by atoms with Crippen molar-refractivity contribution >= 4 is 28.6 Å². The maximum Gasteiger partial charge on any atom is 0.0762 e. The lowest BCUT2D eigenvalue weighted by molar-refractivity contribution is 0.199. The summed E-state index contributed by atoms with van der Waals surface area (Å²) in [5.74, 6) is 0. The van der Waals surface area contributed by atoms with Crippen LogP contribution in [0.1, 0.15) is 37.3 Å². The summed E-state index contributed by atoms with van der Waals surface area (Å²) in [6.07, 6.45) is -0.494. The van der Waals surface area contributed by atoms with E-state index in [1.807, 2.05) is 18.2 Å². The Labute approximate surface area is 129 Å². The summed E-state index contributed by atoms with van der Waals surface area (Å²) in [6, 6.07) is 10.3. The zero-order chi connectivity index (χ0) is 14.7. The number of benzene rings is 1. The molecule has 2 rings (SSSR count). The van der Waals surface area contributed by atoms with Gasteiger partial charge in [-0.15, -0.1) is 11.3 Å². The Morgan fingerprint density at radius 1 is 1.25 bits per heavy atom. The first-order valence-corrected chi connectivity index (χ1v) is 8.01. The molecule has 0 saturated carbocycles. The molecule has 0 fully saturated rings. The van der Waals surface area contributed by atoms with E-state index in [-0.39, 0.29) is 0 Å². The van der Waals surface area contributed by atoms with E-state index in [0.29, 0.717) is 11.1 Å². The Morgan fingerprint density at radius 3 is 2.50 bits per heavy atom. The van der Waals surface area contributed by atoms with Crippen LogP contribution in [0.15, 0.2) is 35.7 Å². The Morgan fingerprint density at radius 2 is 2.00 bits per heavy atom. The Balaban J connectivity index is 2.30. The van der Waals surface area contributed by atoms with Crippen LogP contribution in [0.2, 0.25) is 5.02 Å². The summed E-state index contributed by atoms with van der Waals surface area (Å²) in [5.41, 5.74) is 1.86. The number of hydrogen-bond donors (Lipinski definition) is 1. The first-order valence-electron chi connectivity index (χ1n) is 6.75. The molecule has 0 aliphatic carbocycles. The average molecular weight is 310 g/mol. The zero-order valence-corrected chi connectivity index (χ0v) is 13.6. The van der Waals surface area contributed by atoms with Crippen molar-refractivity contribution in [2.45, 2.75) is 39.5 Å². The molecule has 1 N–H and O–H groups in total. The molecule has 1 aromatic heterocycles. The molecule has 4 heteroatoms. The van der Waals surface area contributed by atoms with Crippen molar-refractivity contribution in [1.82, 2.24) is 0 Å². The highest BCUT2D eigenvalue weighted by Gasteiger charge is 2.16. The molecule has 1 aromatic carbocycles. The smallest absolute Gasteiger partial charge is 0.0762 e. The molecule has 0 spiro atoms. The lowest BCUT2D eigenvalue weighted by Gasteiger charge is -2.29. The topological polar surface area (TPSA) is 23.5 Å². The summed E-state index contributed by atoms with van der Waals surface area (Å²) < 4.78 is 0. The van der Waals surface area contributed by atoms with E-state index in [1.54, 1.807) is 18.3 Å². The predicted molar refractivity (Wildman–Crippen MR) is 87.7 cm³/mol. The second kappa shape index (κ2) is 6.61. The quantitative estimate of drug-likeness (QED) is 0.851. The van der Waals surface area contributed by atoms with Crippen LogP contribution in [0.3, 0.4) is 0 Å². The maximum atomic E-state index is 9.62. The van der Waals surface area contributed by atoms with E-state index in [4.69, 9.17) is 11.6 Å². The summed E-state index contributed by atoms with van der Waals surface area (Å²) >= 11 is 8.16. The largest absolute Gasteiger partial charge is 0.389 e. The van der Waals surface area contributed by atoms with E-state index >= 15 is 0 Å². The van der Waals surface area contributed by atoms with Gasteiger partial charge in [-0.05, 0) is 49.9 Å². The molecule has 2 aromatic rings. The highest BCUT2D eigenvalue weighted by molar-refractivity contribution is 7.09. The number of anilines is 1. The number of thiophene rings is 1. The van der Waals surface area contributed by atoms with Gasteiger partial charge in [0.15, 0.2) is 0 Å². The first-order chi connectivity index (χ1) is 9.49. The van der Waals surface area contributed by atoms with Crippen molar-refractivity contribution in [2.75, 3.05) is 4.90 Å². The Kier molecular flexibility index (Phi) is 5.08. The summed E-state index contributed by atoms with van der Waals surface area (Å²) in [6.45, 7) is 6.92. The fraction of sp³-hybridized carbons (Fsp3) is 0.375. The predicted octanol–water partition coefficient (Wildman–Crippen LogP) is 4.87. The van der Waals surface area contributed by atoms with Gasteiger partial charge in [0.25, 0.3) is 0 Å². The number of hydrogen-bond acceptors (Lipinski definition) is 3. The van der Waals surface area contributed by atoms with Gasteiger partial charge in [0.05, 0.1) is 23.4 Å². The number of nitrogens with zero attached hydrogens (tertiary/aromatic N) is 1. The number of rotatable bonds is 5.